The minimum atomic E-state index is -3.82. The zero-order valence-corrected chi connectivity index (χ0v) is 20.3. The third-order valence-corrected chi connectivity index (χ3v) is 8.09. The van der Waals surface area contributed by atoms with E-state index in [1.165, 1.54) is 10.2 Å². The first-order valence-corrected chi connectivity index (χ1v) is 12.5. The van der Waals surface area contributed by atoms with Crippen LogP contribution in [0.1, 0.15) is 31.1 Å². The van der Waals surface area contributed by atoms with E-state index in [9.17, 15) is 13.2 Å². The molecule has 1 aromatic heterocycles. The van der Waals surface area contributed by atoms with E-state index < -0.39 is 10.0 Å². The Morgan fingerprint density at radius 2 is 1.61 bits per heavy atom. The van der Waals surface area contributed by atoms with Gasteiger partial charge in [0.05, 0.1) is 10.4 Å². The molecule has 0 radical (unpaired) electrons. The number of rotatable bonds is 4. The second kappa shape index (κ2) is 8.07. The Bertz CT molecular complexity index is 1220. The van der Waals surface area contributed by atoms with Crippen LogP contribution in [0.15, 0.2) is 58.0 Å². The zero-order chi connectivity index (χ0) is 22.4. The highest BCUT2D eigenvalue weighted by Crippen LogP contribution is 2.30. The normalized spacial score (nSPS) is 16.1. The van der Waals surface area contributed by atoms with Crippen molar-refractivity contribution in [3.63, 3.8) is 0 Å². The summed E-state index contributed by atoms with van der Waals surface area (Å²) in [5, 5.41) is 0.645. The molecule has 2 aromatic carbocycles. The van der Waals surface area contributed by atoms with Crippen molar-refractivity contribution in [3.8, 4) is 0 Å². The first-order chi connectivity index (χ1) is 14.6. The second-order valence-corrected chi connectivity index (χ2v) is 11.5. The third-order valence-electron chi connectivity index (χ3n) is 5.88. The molecule has 0 spiro atoms. The molecule has 0 aliphatic carbocycles. The number of benzene rings is 2. The summed E-state index contributed by atoms with van der Waals surface area (Å²) in [5.74, 6) is 0. The Morgan fingerprint density at radius 1 is 0.968 bits per heavy atom. The van der Waals surface area contributed by atoms with E-state index in [1.54, 1.807) is 30.3 Å². The molecule has 1 aliphatic rings. The number of aldehydes is 1. The maximum Gasteiger partial charge on any atom is 0.268 e. The number of anilines is 1. The van der Waals surface area contributed by atoms with Crippen molar-refractivity contribution in [2.75, 3.05) is 31.1 Å². The van der Waals surface area contributed by atoms with Crippen LogP contribution in [0.5, 0.6) is 0 Å². The lowest BCUT2D eigenvalue weighted by Gasteiger charge is -2.43. The Hall–Kier alpha value is -2.16. The standard InChI is InChI=1S/C23H26BrN3O3S/c1-23(2,3)26-12-10-25(11-13-26)19-6-9-22-21(14-19)17(16-28)15-27(22)31(29,30)20-7-4-18(24)5-8-20/h4-9,14-16H,10-13H2,1-3H3. The molecular weight excluding hydrogens is 478 g/mol. The number of nitrogens with zero attached hydrogens (tertiary/aromatic N) is 3. The van der Waals surface area contributed by atoms with Gasteiger partial charge in [0.2, 0.25) is 0 Å². The van der Waals surface area contributed by atoms with Gasteiger partial charge >= 0.3 is 0 Å². The fraction of sp³-hybridized carbons (Fsp3) is 0.348. The molecule has 1 saturated heterocycles. The maximum atomic E-state index is 13.2. The Labute approximate surface area is 191 Å². The third kappa shape index (κ3) is 4.16. The molecule has 164 valence electrons. The molecule has 0 N–H and O–H groups in total. The van der Waals surface area contributed by atoms with Crippen LogP contribution < -0.4 is 4.90 Å². The SMILES string of the molecule is CC(C)(C)N1CCN(c2ccc3c(c2)c(C=O)cn3S(=O)(=O)c2ccc(Br)cc2)CC1. The van der Waals surface area contributed by atoms with E-state index in [0.717, 1.165) is 42.6 Å². The van der Waals surface area contributed by atoms with Gasteiger partial charge in [0.25, 0.3) is 10.0 Å². The zero-order valence-electron chi connectivity index (χ0n) is 17.9. The van der Waals surface area contributed by atoms with Gasteiger partial charge in [-0.3, -0.25) is 9.69 Å². The van der Waals surface area contributed by atoms with Crippen LogP contribution >= 0.6 is 15.9 Å². The van der Waals surface area contributed by atoms with Gasteiger partial charge < -0.3 is 4.90 Å². The smallest absolute Gasteiger partial charge is 0.268 e. The molecule has 1 aliphatic heterocycles. The summed E-state index contributed by atoms with van der Waals surface area (Å²) in [6.45, 7) is 10.4. The molecule has 0 saturated carbocycles. The summed E-state index contributed by atoms with van der Waals surface area (Å²) >= 11 is 3.33. The molecule has 0 bridgehead atoms. The van der Waals surface area contributed by atoms with E-state index >= 15 is 0 Å². The van der Waals surface area contributed by atoms with Crippen LogP contribution in [-0.2, 0) is 10.0 Å². The first kappa shape index (κ1) is 22.0. The van der Waals surface area contributed by atoms with Gasteiger partial charge in [-0.1, -0.05) is 15.9 Å². The van der Waals surface area contributed by atoms with Crippen LogP contribution in [-0.4, -0.2) is 55.3 Å². The topological polar surface area (TPSA) is 62.6 Å². The number of aromatic nitrogens is 1. The molecule has 2 heterocycles. The molecule has 1 fully saturated rings. The largest absolute Gasteiger partial charge is 0.369 e. The minimum Gasteiger partial charge on any atom is -0.369 e. The van der Waals surface area contributed by atoms with E-state index in [-0.39, 0.29) is 10.4 Å². The summed E-state index contributed by atoms with van der Waals surface area (Å²) in [5.41, 5.74) is 2.01. The van der Waals surface area contributed by atoms with Gasteiger partial charge in [-0.05, 0) is 63.2 Å². The van der Waals surface area contributed by atoms with Crippen molar-refractivity contribution in [3.05, 3.63) is 58.7 Å². The van der Waals surface area contributed by atoms with E-state index in [4.69, 9.17) is 0 Å². The van der Waals surface area contributed by atoms with E-state index in [2.05, 4.69) is 46.5 Å². The number of hydrogen-bond donors (Lipinski definition) is 0. The lowest BCUT2D eigenvalue weighted by atomic mass is 10.0. The molecule has 3 aromatic rings. The molecule has 6 nitrogen and oxygen atoms in total. The average Bonchev–Trinajstić information content (AvgIpc) is 3.12. The Morgan fingerprint density at radius 3 is 2.19 bits per heavy atom. The molecule has 0 amide bonds. The van der Waals surface area contributed by atoms with E-state index in [1.807, 2.05) is 12.1 Å². The monoisotopic (exact) mass is 503 g/mol. The Kier molecular flexibility index (Phi) is 5.74. The number of fused-ring (bicyclic) bond motifs is 1. The number of carbonyl (C=O) groups excluding carboxylic acids is 1. The number of carbonyl (C=O) groups is 1. The van der Waals surface area contributed by atoms with Crippen molar-refractivity contribution in [2.45, 2.75) is 31.2 Å². The van der Waals surface area contributed by atoms with Gasteiger partial charge in [-0.25, -0.2) is 12.4 Å². The Balaban J connectivity index is 1.70. The molecule has 0 atom stereocenters. The van der Waals surface area contributed by atoms with Crippen LogP contribution in [0.3, 0.4) is 0 Å². The minimum absolute atomic E-state index is 0.138. The summed E-state index contributed by atoms with van der Waals surface area (Å²) in [4.78, 5) is 16.7. The predicted molar refractivity (Wildman–Crippen MR) is 128 cm³/mol. The van der Waals surface area contributed by atoms with Crippen LogP contribution in [0.4, 0.5) is 5.69 Å². The van der Waals surface area contributed by atoms with Crippen LogP contribution in [0.25, 0.3) is 10.9 Å². The predicted octanol–water partition coefficient (Wildman–Crippen LogP) is 4.37. The van der Waals surface area contributed by atoms with Crippen molar-refractivity contribution in [1.82, 2.24) is 8.87 Å². The van der Waals surface area contributed by atoms with Crippen molar-refractivity contribution >= 4 is 48.8 Å². The lowest BCUT2D eigenvalue weighted by molar-refractivity contribution is 0.112. The summed E-state index contributed by atoms with van der Waals surface area (Å²) in [7, 11) is -3.82. The summed E-state index contributed by atoms with van der Waals surface area (Å²) in [6.07, 6.45) is 2.13. The van der Waals surface area contributed by atoms with Gasteiger partial charge in [0, 0.05) is 59.0 Å². The fourth-order valence-electron chi connectivity index (χ4n) is 4.06. The first-order valence-electron chi connectivity index (χ1n) is 10.2. The number of piperazine rings is 1. The van der Waals surface area contributed by atoms with Gasteiger partial charge in [-0.15, -0.1) is 0 Å². The molecule has 4 rings (SSSR count). The number of halogens is 1. The van der Waals surface area contributed by atoms with Crippen LogP contribution in [0, 0.1) is 0 Å². The molecule has 31 heavy (non-hydrogen) atoms. The van der Waals surface area contributed by atoms with Gasteiger partial charge in [-0.2, -0.15) is 0 Å². The maximum absolute atomic E-state index is 13.2. The molecule has 8 heteroatoms. The van der Waals surface area contributed by atoms with Crippen LogP contribution in [0.2, 0.25) is 0 Å². The highest BCUT2D eigenvalue weighted by atomic mass is 79.9. The average molecular weight is 504 g/mol. The summed E-state index contributed by atoms with van der Waals surface area (Å²) < 4.78 is 28.4. The van der Waals surface area contributed by atoms with Gasteiger partial charge in [0.15, 0.2) is 6.29 Å². The van der Waals surface area contributed by atoms with Crippen molar-refractivity contribution in [1.29, 1.82) is 0 Å². The highest BCUT2D eigenvalue weighted by molar-refractivity contribution is 9.10. The molecular formula is C23H26BrN3O3S. The second-order valence-electron chi connectivity index (χ2n) is 8.80. The fourth-order valence-corrected chi connectivity index (χ4v) is 5.70. The molecule has 0 unspecified atom stereocenters. The number of hydrogen-bond acceptors (Lipinski definition) is 5. The lowest BCUT2D eigenvalue weighted by Crippen LogP contribution is -2.53. The quantitative estimate of drug-likeness (QED) is 0.494. The van der Waals surface area contributed by atoms with Gasteiger partial charge in [0.1, 0.15) is 0 Å². The van der Waals surface area contributed by atoms with Crippen molar-refractivity contribution < 1.29 is 13.2 Å². The van der Waals surface area contributed by atoms with Crippen molar-refractivity contribution in [2.24, 2.45) is 0 Å². The summed E-state index contributed by atoms with van der Waals surface area (Å²) in [6, 6.07) is 12.1. The van der Waals surface area contributed by atoms with E-state index in [0.29, 0.717) is 16.5 Å². The highest BCUT2D eigenvalue weighted by Gasteiger charge is 2.27.